The average Bonchev–Trinajstić information content (AvgIpc) is 2.26. The minimum absolute atomic E-state index is 0.0145. The number of ether oxygens (including phenoxy) is 1. The summed E-state index contributed by atoms with van der Waals surface area (Å²) < 4.78 is 31.0. The number of hydrogen-bond donors (Lipinski definition) is 2. The normalized spacial score (nSPS) is 22.9. The van der Waals surface area contributed by atoms with Gasteiger partial charge in [-0.25, -0.2) is 8.42 Å². The van der Waals surface area contributed by atoms with Crippen molar-refractivity contribution in [3.05, 3.63) is 0 Å². The topological polar surface area (TPSA) is 96.5 Å². The van der Waals surface area contributed by atoms with E-state index < -0.39 is 16.1 Å². The second-order valence-corrected chi connectivity index (χ2v) is 7.89. The number of amidine groups is 1. The van der Waals surface area contributed by atoms with E-state index in [4.69, 9.17) is 15.9 Å². The van der Waals surface area contributed by atoms with E-state index in [0.717, 1.165) is 0 Å². The van der Waals surface area contributed by atoms with Crippen molar-refractivity contribution in [3.8, 4) is 0 Å². The Hall–Kier alpha value is -0.660. The quantitative estimate of drug-likeness (QED) is 0.574. The Labute approximate surface area is 109 Å². The Kier molecular flexibility index (Phi) is 4.74. The SMILES string of the molecule is CC(C)(C)CCS(=O)(=O)N1CCOC(C(=N)N)C1. The van der Waals surface area contributed by atoms with Crippen molar-refractivity contribution >= 4 is 15.9 Å². The molecule has 1 fully saturated rings. The first kappa shape index (κ1) is 15.4. The summed E-state index contributed by atoms with van der Waals surface area (Å²) in [6.45, 7) is 6.83. The van der Waals surface area contributed by atoms with Crippen molar-refractivity contribution in [2.45, 2.75) is 33.3 Å². The Morgan fingerprint density at radius 3 is 2.61 bits per heavy atom. The van der Waals surface area contributed by atoms with Crippen molar-refractivity contribution in [1.82, 2.24) is 4.31 Å². The lowest BCUT2D eigenvalue weighted by Gasteiger charge is -2.32. The zero-order valence-electron chi connectivity index (χ0n) is 11.3. The number of nitrogens with one attached hydrogen (secondary N) is 1. The van der Waals surface area contributed by atoms with Crippen LogP contribution >= 0.6 is 0 Å². The van der Waals surface area contributed by atoms with E-state index in [9.17, 15) is 8.42 Å². The third-order valence-electron chi connectivity index (χ3n) is 2.88. The molecule has 0 aliphatic carbocycles. The fourth-order valence-electron chi connectivity index (χ4n) is 1.63. The summed E-state index contributed by atoms with van der Waals surface area (Å²) in [5.41, 5.74) is 5.34. The molecule has 0 spiro atoms. The van der Waals surface area contributed by atoms with Gasteiger partial charge in [0.25, 0.3) is 0 Å². The van der Waals surface area contributed by atoms with Gasteiger partial charge in [-0.3, -0.25) is 5.41 Å². The van der Waals surface area contributed by atoms with Gasteiger partial charge in [-0.2, -0.15) is 4.31 Å². The van der Waals surface area contributed by atoms with E-state index in [2.05, 4.69) is 0 Å². The van der Waals surface area contributed by atoms with Gasteiger partial charge in [0, 0.05) is 13.1 Å². The molecule has 1 heterocycles. The predicted octanol–water partition coefficient (Wildman–Crippen LogP) is 0.389. The molecule has 1 rings (SSSR count). The Morgan fingerprint density at radius 1 is 1.50 bits per heavy atom. The predicted molar refractivity (Wildman–Crippen MR) is 71.1 cm³/mol. The van der Waals surface area contributed by atoms with Crippen LogP contribution in [0.4, 0.5) is 0 Å². The van der Waals surface area contributed by atoms with Crippen LogP contribution < -0.4 is 5.73 Å². The van der Waals surface area contributed by atoms with E-state index in [-0.39, 0.29) is 23.5 Å². The molecule has 0 aromatic carbocycles. The molecule has 0 amide bonds. The molecular weight excluding hydrogens is 254 g/mol. The molecular formula is C11H23N3O3S. The molecule has 0 aromatic rings. The first-order valence-electron chi connectivity index (χ1n) is 6.05. The molecule has 0 bridgehead atoms. The number of nitrogens with two attached hydrogens (primary N) is 1. The third-order valence-corrected chi connectivity index (χ3v) is 4.72. The summed E-state index contributed by atoms with van der Waals surface area (Å²) in [5, 5.41) is 7.32. The third kappa shape index (κ3) is 4.55. The summed E-state index contributed by atoms with van der Waals surface area (Å²) in [4.78, 5) is 0. The highest BCUT2D eigenvalue weighted by molar-refractivity contribution is 7.89. The summed E-state index contributed by atoms with van der Waals surface area (Å²) >= 11 is 0. The lowest BCUT2D eigenvalue weighted by Crippen LogP contribution is -2.50. The molecule has 1 unspecified atom stereocenters. The number of nitrogens with zero attached hydrogens (tertiary/aromatic N) is 1. The highest BCUT2D eigenvalue weighted by Crippen LogP contribution is 2.21. The molecule has 106 valence electrons. The second kappa shape index (κ2) is 5.54. The van der Waals surface area contributed by atoms with Crippen LogP contribution in [0.25, 0.3) is 0 Å². The maximum Gasteiger partial charge on any atom is 0.214 e. The molecule has 3 N–H and O–H groups in total. The van der Waals surface area contributed by atoms with Gasteiger partial charge in [-0.05, 0) is 11.8 Å². The molecule has 0 radical (unpaired) electrons. The van der Waals surface area contributed by atoms with Gasteiger partial charge in [0.05, 0.1) is 12.4 Å². The van der Waals surface area contributed by atoms with Crippen LogP contribution in [0.15, 0.2) is 0 Å². The second-order valence-electron chi connectivity index (χ2n) is 5.80. The molecule has 7 heteroatoms. The van der Waals surface area contributed by atoms with Gasteiger partial charge in [0.15, 0.2) is 0 Å². The zero-order chi connectivity index (χ0) is 14.0. The minimum Gasteiger partial charge on any atom is -0.385 e. The maximum atomic E-state index is 12.2. The average molecular weight is 277 g/mol. The first-order chi connectivity index (χ1) is 8.12. The van der Waals surface area contributed by atoms with Gasteiger partial charge < -0.3 is 10.5 Å². The van der Waals surface area contributed by atoms with Crippen molar-refractivity contribution in [3.63, 3.8) is 0 Å². The molecule has 1 aliphatic rings. The molecule has 0 saturated carbocycles. The van der Waals surface area contributed by atoms with Crippen LogP contribution in [0.2, 0.25) is 0 Å². The van der Waals surface area contributed by atoms with Crippen LogP contribution in [0.1, 0.15) is 27.2 Å². The largest absolute Gasteiger partial charge is 0.385 e. The molecule has 18 heavy (non-hydrogen) atoms. The van der Waals surface area contributed by atoms with E-state index in [1.54, 1.807) is 0 Å². The van der Waals surface area contributed by atoms with Gasteiger partial charge in [0.1, 0.15) is 11.9 Å². The van der Waals surface area contributed by atoms with Gasteiger partial charge in [-0.15, -0.1) is 0 Å². The van der Waals surface area contributed by atoms with E-state index in [0.29, 0.717) is 19.6 Å². The van der Waals surface area contributed by atoms with Crippen molar-refractivity contribution < 1.29 is 13.2 Å². The monoisotopic (exact) mass is 277 g/mol. The number of sulfonamides is 1. The van der Waals surface area contributed by atoms with E-state index in [1.807, 2.05) is 20.8 Å². The zero-order valence-corrected chi connectivity index (χ0v) is 12.1. The molecule has 1 atom stereocenters. The maximum absolute atomic E-state index is 12.2. The van der Waals surface area contributed by atoms with E-state index >= 15 is 0 Å². The highest BCUT2D eigenvalue weighted by Gasteiger charge is 2.31. The first-order valence-corrected chi connectivity index (χ1v) is 7.66. The van der Waals surface area contributed by atoms with Crippen LogP contribution in [-0.2, 0) is 14.8 Å². The van der Waals surface area contributed by atoms with Crippen molar-refractivity contribution in [1.29, 1.82) is 5.41 Å². The number of morpholine rings is 1. The lowest BCUT2D eigenvalue weighted by molar-refractivity contribution is 0.0367. The van der Waals surface area contributed by atoms with Crippen molar-refractivity contribution in [2.24, 2.45) is 11.1 Å². The van der Waals surface area contributed by atoms with Crippen LogP contribution in [0, 0.1) is 10.8 Å². The fraction of sp³-hybridized carbons (Fsp3) is 0.909. The summed E-state index contributed by atoms with van der Waals surface area (Å²) in [5.74, 6) is 0.00641. The molecule has 1 saturated heterocycles. The Balaban J connectivity index is 2.64. The van der Waals surface area contributed by atoms with Crippen LogP contribution in [0.3, 0.4) is 0 Å². The Morgan fingerprint density at radius 2 is 2.11 bits per heavy atom. The Bertz CT molecular complexity index is 400. The highest BCUT2D eigenvalue weighted by atomic mass is 32.2. The van der Waals surface area contributed by atoms with Gasteiger partial charge in [0.2, 0.25) is 10.0 Å². The standard InChI is InChI=1S/C11H23N3O3S/c1-11(2,3)4-7-18(15,16)14-5-6-17-9(8-14)10(12)13/h9H,4-8H2,1-3H3,(H3,12,13). The van der Waals surface area contributed by atoms with Gasteiger partial charge >= 0.3 is 0 Å². The lowest BCUT2D eigenvalue weighted by atomic mass is 9.94. The molecule has 1 aliphatic heterocycles. The van der Waals surface area contributed by atoms with Crippen LogP contribution in [-0.4, -0.2) is 50.1 Å². The summed E-state index contributed by atoms with van der Waals surface area (Å²) in [6.07, 6.45) is 0.000377. The van der Waals surface area contributed by atoms with Gasteiger partial charge in [-0.1, -0.05) is 20.8 Å². The smallest absolute Gasteiger partial charge is 0.214 e. The number of hydrogen-bond acceptors (Lipinski definition) is 4. The minimum atomic E-state index is -3.28. The van der Waals surface area contributed by atoms with Crippen molar-refractivity contribution in [2.75, 3.05) is 25.4 Å². The molecule has 6 nitrogen and oxygen atoms in total. The van der Waals surface area contributed by atoms with Crippen LogP contribution in [0.5, 0.6) is 0 Å². The molecule has 0 aromatic heterocycles. The number of rotatable bonds is 4. The van der Waals surface area contributed by atoms with E-state index in [1.165, 1.54) is 4.31 Å². The fourth-order valence-corrected chi connectivity index (χ4v) is 3.47. The summed E-state index contributed by atoms with van der Waals surface area (Å²) in [6, 6.07) is 0. The summed E-state index contributed by atoms with van der Waals surface area (Å²) in [7, 11) is -3.28.